The summed E-state index contributed by atoms with van der Waals surface area (Å²) in [5.74, 6) is 0.908. The number of hydrogen-bond acceptors (Lipinski definition) is 13. The van der Waals surface area contributed by atoms with Crippen molar-refractivity contribution >= 4 is 118 Å². The van der Waals surface area contributed by atoms with Crippen LogP contribution < -0.4 is 23.8 Å². The van der Waals surface area contributed by atoms with Crippen molar-refractivity contribution in [3.05, 3.63) is 157 Å². The molecule has 22 heteroatoms. The summed E-state index contributed by atoms with van der Waals surface area (Å²) < 4.78 is 69.3. The van der Waals surface area contributed by atoms with E-state index in [4.69, 9.17) is 73.2 Å². The molecule has 0 spiro atoms. The van der Waals surface area contributed by atoms with Crippen molar-refractivity contribution < 1.29 is 45.5 Å². The van der Waals surface area contributed by atoms with Crippen molar-refractivity contribution in [3.8, 4) is 11.8 Å². The number of aromatic nitrogens is 2. The van der Waals surface area contributed by atoms with Crippen molar-refractivity contribution in [2.24, 2.45) is 0 Å². The van der Waals surface area contributed by atoms with E-state index in [1.807, 2.05) is 12.1 Å². The molecule has 2 saturated carbocycles. The maximum atomic E-state index is 13.9. The van der Waals surface area contributed by atoms with E-state index in [2.05, 4.69) is 9.97 Å². The van der Waals surface area contributed by atoms with Crippen LogP contribution in [0.5, 0.6) is 11.8 Å². The zero-order valence-electron chi connectivity index (χ0n) is 41.6. The van der Waals surface area contributed by atoms with Crippen molar-refractivity contribution in [3.63, 3.8) is 0 Å². The van der Waals surface area contributed by atoms with Gasteiger partial charge in [0.2, 0.25) is 11.8 Å². The van der Waals surface area contributed by atoms with Gasteiger partial charge in [-0.15, -0.1) is 0 Å². The average molecular weight is 1180 g/mol. The Hall–Kier alpha value is -5.79. The Morgan fingerprint density at radius 2 is 1.01 bits per heavy atom. The molecule has 6 aromatic rings. The van der Waals surface area contributed by atoms with Gasteiger partial charge in [-0.2, -0.15) is 0 Å². The van der Waals surface area contributed by atoms with Crippen LogP contribution in [-0.2, 0) is 36.1 Å². The summed E-state index contributed by atoms with van der Waals surface area (Å²) in [6.45, 7) is 3.13. The largest absolute Gasteiger partial charge is 0.471 e. The normalized spacial score (nSPS) is 16.7. The van der Waals surface area contributed by atoms with Crippen LogP contribution in [-0.4, -0.2) is 74.7 Å². The van der Waals surface area contributed by atoms with E-state index in [1.165, 1.54) is 34.9 Å². The van der Waals surface area contributed by atoms with Gasteiger partial charge in [0, 0.05) is 25.5 Å². The second-order valence-corrected chi connectivity index (χ2v) is 24.8. The maximum absolute atomic E-state index is 13.9. The zero-order valence-corrected chi connectivity index (χ0v) is 47.0. The minimum absolute atomic E-state index is 0.00834. The number of hydrogen-bond donors (Lipinski definition) is 1. The van der Waals surface area contributed by atoms with Crippen LogP contribution in [0, 0.1) is 0 Å². The molecule has 2 aromatic heterocycles. The number of nitrogens with zero attached hydrogens (tertiary/aromatic N) is 4. The van der Waals surface area contributed by atoms with Crippen LogP contribution in [0.25, 0.3) is 0 Å². The van der Waals surface area contributed by atoms with E-state index >= 15 is 0 Å². The number of pyridine rings is 2. The summed E-state index contributed by atoms with van der Waals surface area (Å²) in [7, 11) is -7.80. The van der Waals surface area contributed by atoms with Gasteiger partial charge in [-0.1, -0.05) is 82.8 Å². The van der Waals surface area contributed by atoms with Crippen LogP contribution in [0.2, 0.25) is 20.1 Å². The molecule has 0 bridgehead atoms. The number of anilines is 3. The third-order valence-electron chi connectivity index (χ3n) is 13.0. The molecule has 0 unspecified atom stereocenters. The lowest BCUT2D eigenvalue weighted by Gasteiger charge is -2.35. The Balaban J connectivity index is 0.000000175. The summed E-state index contributed by atoms with van der Waals surface area (Å²) in [5, 5.41) is 0.394. The van der Waals surface area contributed by atoms with E-state index in [-0.39, 0.29) is 102 Å². The molecule has 2 fully saturated rings. The smallest absolute Gasteiger partial charge is 0.264 e. The molecule has 404 valence electrons. The van der Waals surface area contributed by atoms with Gasteiger partial charge in [0.15, 0.2) is 5.78 Å². The van der Waals surface area contributed by atoms with E-state index in [0.717, 1.165) is 36.8 Å². The Morgan fingerprint density at radius 1 is 0.597 bits per heavy atom. The number of ketones is 3. The minimum Gasteiger partial charge on any atom is -0.471 e. The molecule has 4 aromatic carbocycles. The second-order valence-electron chi connectivity index (χ2n) is 19.1. The SMILES string of the molecule is CC(=O)CC[C@H]1CN(S(=O)(=O)c2cccc(C3CC3)c2)c2cc(CC(=O)c3c(Cl)cccc3Cl)cnc2O1.CC(=O)CC[C@H]1CN(S(=O)(=O)c2cccc(C3CC3)c2)c2cc(N)cnc2O1.O=C(Cl)c1c(Cl)cccc1Cl. The molecule has 0 saturated heterocycles. The number of fused-ring (bicyclic) bond motifs is 2. The Kier molecular flexibility index (Phi) is 18.2. The molecule has 2 aliphatic carbocycles. The fraction of sp³-hybridized carbons (Fsp3) is 0.309. The number of sulfonamides is 2. The number of Topliss-reactive ketones (excluding diaryl/α,β-unsaturated/α-hetero) is 3. The molecule has 0 amide bonds. The van der Waals surface area contributed by atoms with Crippen molar-refractivity contribution in [1.29, 1.82) is 0 Å². The summed E-state index contributed by atoms with van der Waals surface area (Å²) in [4.78, 5) is 55.7. The Bertz CT molecular complexity index is 3450. The first-order valence-electron chi connectivity index (χ1n) is 24.5. The minimum atomic E-state index is -3.98. The van der Waals surface area contributed by atoms with E-state index in [0.29, 0.717) is 48.0 Å². The zero-order chi connectivity index (χ0) is 55.3. The van der Waals surface area contributed by atoms with Crippen molar-refractivity contribution in [2.75, 3.05) is 27.4 Å². The third kappa shape index (κ3) is 14.1. The fourth-order valence-corrected chi connectivity index (χ4v) is 13.2. The van der Waals surface area contributed by atoms with Crippen LogP contribution in [0.1, 0.15) is 114 Å². The molecule has 2 N–H and O–H groups in total. The van der Waals surface area contributed by atoms with Crippen molar-refractivity contribution in [2.45, 2.75) is 105 Å². The van der Waals surface area contributed by atoms with E-state index in [1.54, 1.807) is 84.9 Å². The molecular weight excluding hydrogens is 1130 g/mol. The molecule has 2 atom stereocenters. The van der Waals surface area contributed by atoms with Crippen LogP contribution in [0.15, 0.2) is 119 Å². The topological polar surface area (TPSA) is 213 Å². The monoisotopic (exact) mass is 1180 g/mol. The molecule has 10 rings (SSSR count). The van der Waals surface area contributed by atoms with Gasteiger partial charge < -0.3 is 24.8 Å². The van der Waals surface area contributed by atoms with Crippen LogP contribution in [0.4, 0.5) is 17.1 Å². The van der Waals surface area contributed by atoms with Gasteiger partial charge in [-0.05, 0) is 153 Å². The fourth-order valence-electron chi connectivity index (χ4n) is 8.68. The standard InChI is InChI=1S/C28H26Cl2N2O5S.C20H23N3O4S.C7H3Cl3O/c1-17(33)8-11-21-16-32(38(35,36)22-5-2-4-20(14-22)19-9-10-19)25-12-18(15-31-28(25)37-21)13-26(34)27-23(29)6-3-7-24(27)30;1-13(24)5-8-17-12-23(19-10-16(21)11-22-20(19)27-17)28(25,26)18-4-2-3-15(9-18)14-6-7-14;8-4-2-1-3-5(9)6(4)7(10)11/h2-7,12,14-15,19,21H,8-11,13,16H2,1H3;2-4,9-11,14,17H,5-8,12,21H2,1H3;1-3H/t21-;17-;/m00./s1. The van der Waals surface area contributed by atoms with E-state index in [9.17, 15) is 36.0 Å². The van der Waals surface area contributed by atoms with Gasteiger partial charge in [-0.3, -0.25) is 18.2 Å². The molecule has 4 heterocycles. The first kappa shape index (κ1) is 57.4. The number of carbonyl (C=O) groups is 4. The van der Waals surface area contributed by atoms with Crippen molar-refractivity contribution in [1.82, 2.24) is 9.97 Å². The number of nitrogen functional groups attached to an aromatic ring is 1. The third-order valence-corrected chi connectivity index (χ3v) is 18.0. The summed E-state index contributed by atoms with van der Waals surface area (Å²) in [5.41, 5.74) is 9.69. The van der Waals surface area contributed by atoms with E-state index < -0.39 is 37.5 Å². The predicted octanol–water partition coefficient (Wildman–Crippen LogP) is 12.3. The lowest BCUT2D eigenvalue weighted by Crippen LogP contribution is -2.44. The molecule has 15 nitrogen and oxygen atoms in total. The maximum Gasteiger partial charge on any atom is 0.264 e. The number of benzene rings is 4. The number of rotatable bonds is 16. The highest BCUT2D eigenvalue weighted by atomic mass is 35.5. The second kappa shape index (κ2) is 24.5. The first-order chi connectivity index (χ1) is 36.6. The predicted molar refractivity (Wildman–Crippen MR) is 299 cm³/mol. The molecule has 2 aliphatic heterocycles. The Labute approximate surface area is 472 Å². The van der Waals surface area contributed by atoms with Crippen LogP contribution in [0.3, 0.4) is 0 Å². The molecule has 77 heavy (non-hydrogen) atoms. The summed E-state index contributed by atoms with van der Waals surface area (Å²) in [6, 6.07) is 26.9. The van der Waals surface area contributed by atoms with Crippen LogP contribution >= 0.6 is 58.0 Å². The number of halogens is 5. The summed E-state index contributed by atoms with van der Waals surface area (Å²) in [6.07, 6.45) is 7.49. The molecule has 0 radical (unpaired) electrons. The average Bonchev–Trinajstić information content (AvgIpc) is 4.35. The summed E-state index contributed by atoms with van der Waals surface area (Å²) >= 11 is 28.9. The highest BCUT2D eigenvalue weighted by molar-refractivity contribution is 7.93. The Morgan fingerprint density at radius 3 is 1.43 bits per heavy atom. The van der Waals surface area contributed by atoms with Gasteiger partial charge >= 0.3 is 0 Å². The lowest BCUT2D eigenvalue weighted by atomic mass is 10.0. The number of nitrogens with two attached hydrogens (primary N) is 1. The lowest BCUT2D eigenvalue weighted by molar-refractivity contribution is -0.118. The first-order valence-corrected chi connectivity index (χ1v) is 29.3. The molecular formula is C55H52Cl5N5O10S2. The quantitative estimate of drug-likeness (QED) is 0.0706. The van der Waals surface area contributed by atoms with Gasteiger partial charge in [0.1, 0.15) is 35.1 Å². The highest BCUT2D eigenvalue weighted by Gasteiger charge is 2.38. The number of carbonyl (C=O) groups excluding carboxylic acids is 4. The van der Waals surface area contributed by atoms with Gasteiger partial charge in [-0.25, -0.2) is 26.8 Å². The number of ether oxygens (including phenoxy) is 2. The van der Waals surface area contributed by atoms with Gasteiger partial charge in [0.05, 0.1) is 66.0 Å². The highest BCUT2D eigenvalue weighted by Crippen LogP contribution is 2.44. The van der Waals surface area contributed by atoms with Gasteiger partial charge in [0.25, 0.3) is 25.3 Å². The molecule has 4 aliphatic rings.